The average Bonchev–Trinajstić information content (AvgIpc) is 3.11. The first kappa shape index (κ1) is 20.1. The van der Waals surface area contributed by atoms with Crippen LogP contribution in [0.4, 0.5) is 10.8 Å². The SMILES string of the molecule is Cc1ccc(C(=O)Nc2cc(C)c3nc(NS(=O)(=O)c4ccccc4)sc3c2)cc1. The fraction of sp³-hybridized carbons (Fsp3) is 0.0909. The van der Waals surface area contributed by atoms with Crippen molar-refractivity contribution in [1.82, 2.24) is 4.98 Å². The van der Waals surface area contributed by atoms with E-state index in [0.29, 0.717) is 16.8 Å². The number of aryl methyl sites for hydroxylation is 2. The lowest BCUT2D eigenvalue weighted by molar-refractivity contribution is 0.102. The summed E-state index contributed by atoms with van der Waals surface area (Å²) in [6.45, 7) is 3.84. The Bertz CT molecular complexity index is 1330. The third-order valence-electron chi connectivity index (χ3n) is 4.53. The van der Waals surface area contributed by atoms with Crippen molar-refractivity contribution in [3.63, 3.8) is 0 Å². The minimum atomic E-state index is -3.71. The van der Waals surface area contributed by atoms with Crippen LogP contribution in [0.3, 0.4) is 0 Å². The molecule has 0 saturated carbocycles. The van der Waals surface area contributed by atoms with Crippen LogP contribution in [0.5, 0.6) is 0 Å². The number of benzene rings is 3. The molecule has 1 amide bonds. The molecule has 3 aromatic carbocycles. The van der Waals surface area contributed by atoms with Crippen LogP contribution >= 0.6 is 11.3 Å². The van der Waals surface area contributed by atoms with Gasteiger partial charge in [0, 0.05) is 11.3 Å². The molecule has 0 aliphatic carbocycles. The maximum atomic E-state index is 12.6. The molecule has 1 aromatic heterocycles. The Morgan fingerprint density at radius 3 is 2.37 bits per heavy atom. The molecule has 4 aromatic rings. The van der Waals surface area contributed by atoms with Crippen molar-refractivity contribution in [3.05, 3.63) is 83.4 Å². The zero-order valence-electron chi connectivity index (χ0n) is 16.3. The van der Waals surface area contributed by atoms with Gasteiger partial charge in [-0.05, 0) is 55.8 Å². The number of nitrogens with zero attached hydrogens (tertiary/aromatic N) is 1. The number of hydrogen-bond acceptors (Lipinski definition) is 5. The van der Waals surface area contributed by atoms with Gasteiger partial charge in [-0.2, -0.15) is 0 Å². The molecule has 0 unspecified atom stereocenters. The Morgan fingerprint density at radius 1 is 0.967 bits per heavy atom. The van der Waals surface area contributed by atoms with E-state index in [0.717, 1.165) is 15.8 Å². The Kier molecular flexibility index (Phi) is 5.27. The van der Waals surface area contributed by atoms with Crippen molar-refractivity contribution in [2.45, 2.75) is 18.7 Å². The van der Waals surface area contributed by atoms with Crippen LogP contribution in [0.2, 0.25) is 0 Å². The number of hydrogen-bond donors (Lipinski definition) is 2. The topological polar surface area (TPSA) is 88.2 Å². The lowest BCUT2D eigenvalue weighted by Crippen LogP contribution is -2.12. The van der Waals surface area contributed by atoms with E-state index in [1.807, 2.05) is 32.0 Å². The summed E-state index contributed by atoms with van der Waals surface area (Å²) in [5.74, 6) is -0.205. The molecule has 6 nitrogen and oxygen atoms in total. The highest BCUT2D eigenvalue weighted by Gasteiger charge is 2.17. The minimum Gasteiger partial charge on any atom is -0.322 e. The van der Waals surface area contributed by atoms with Crippen molar-refractivity contribution in [3.8, 4) is 0 Å². The zero-order valence-corrected chi connectivity index (χ0v) is 18.0. The first-order chi connectivity index (χ1) is 14.3. The van der Waals surface area contributed by atoms with E-state index in [1.165, 1.54) is 23.5 Å². The van der Waals surface area contributed by atoms with Gasteiger partial charge in [0.15, 0.2) is 5.13 Å². The standard InChI is InChI=1S/C22H19N3O3S2/c1-14-8-10-16(11-9-14)21(26)23-17-12-15(2)20-19(13-17)29-22(24-20)25-30(27,28)18-6-4-3-5-7-18/h3-13H,1-2H3,(H,23,26)(H,24,25). The molecule has 0 aliphatic rings. The molecular formula is C22H19N3O3S2. The maximum absolute atomic E-state index is 12.6. The third-order valence-corrected chi connectivity index (χ3v) is 6.93. The van der Waals surface area contributed by atoms with Gasteiger partial charge >= 0.3 is 0 Å². The van der Waals surface area contributed by atoms with E-state index in [-0.39, 0.29) is 15.9 Å². The monoisotopic (exact) mass is 437 g/mol. The van der Waals surface area contributed by atoms with Gasteiger partial charge in [-0.1, -0.05) is 47.2 Å². The number of carbonyl (C=O) groups excluding carboxylic acids is 1. The lowest BCUT2D eigenvalue weighted by atomic mass is 10.1. The number of amides is 1. The molecule has 0 aliphatic heterocycles. The van der Waals surface area contributed by atoms with Crippen molar-refractivity contribution in [1.29, 1.82) is 0 Å². The molecule has 0 bridgehead atoms. The van der Waals surface area contributed by atoms with Gasteiger partial charge in [-0.25, -0.2) is 13.4 Å². The molecule has 0 radical (unpaired) electrons. The van der Waals surface area contributed by atoms with E-state index in [4.69, 9.17) is 0 Å². The van der Waals surface area contributed by atoms with Crippen LogP contribution in [0, 0.1) is 13.8 Å². The highest BCUT2D eigenvalue weighted by molar-refractivity contribution is 7.93. The molecule has 0 atom stereocenters. The number of carbonyl (C=O) groups is 1. The predicted octanol–water partition coefficient (Wildman–Crippen LogP) is 4.97. The van der Waals surface area contributed by atoms with E-state index in [1.54, 1.807) is 36.4 Å². The van der Waals surface area contributed by atoms with Gasteiger partial charge in [-0.15, -0.1) is 0 Å². The van der Waals surface area contributed by atoms with Crippen LogP contribution in [0.15, 0.2) is 71.6 Å². The van der Waals surface area contributed by atoms with Crippen LogP contribution in [-0.2, 0) is 10.0 Å². The summed E-state index contributed by atoms with van der Waals surface area (Å²) >= 11 is 1.22. The van der Waals surface area contributed by atoms with Gasteiger partial charge in [-0.3, -0.25) is 9.52 Å². The van der Waals surface area contributed by atoms with E-state index in [9.17, 15) is 13.2 Å². The quantitative estimate of drug-likeness (QED) is 0.462. The number of nitrogens with one attached hydrogen (secondary N) is 2. The molecule has 2 N–H and O–H groups in total. The molecule has 0 fully saturated rings. The average molecular weight is 438 g/mol. The number of anilines is 2. The van der Waals surface area contributed by atoms with Crippen molar-refractivity contribution >= 4 is 48.3 Å². The summed E-state index contributed by atoms with van der Waals surface area (Å²) in [7, 11) is -3.71. The molecular weight excluding hydrogens is 418 g/mol. The zero-order chi connectivity index (χ0) is 21.3. The second-order valence-electron chi connectivity index (χ2n) is 6.90. The smallest absolute Gasteiger partial charge is 0.263 e. The lowest BCUT2D eigenvalue weighted by Gasteiger charge is -2.07. The highest BCUT2D eigenvalue weighted by atomic mass is 32.2. The third kappa shape index (κ3) is 4.19. The fourth-order valence-corrected chi connectivity index (χ4v) is 5.23. The molecule has 152 valence electrons. The molecule has 4 rings (SSSR count). The van der Waals surface area contributed by atoms with E-state index < -0.39 is 10.0 Å². The molecule has 0 spiro atoms. The van der Waals surface area contributed by atoms with Crippen LogP contribution < -0.4 is 10.0 Å². The Labute approximate surface area is 178 Å². The van der Waals surface area contributed by atoms with E-state index in [2.05, 4.69) is 15.0 Å². The van der Waals surface area contributed by atoms with Crippen LogP contribution in [0.25, 0.3) is 10.2 Å². The summed E-state index contributed by atoms with van der Waals surface area (Å²) < 4.78 is 28.4. The molecule has 0 saturated heterocycles. The summed E-state index contributed by atoms with van der Waals surface area (Å²) in [6, 6.07) is 19.1. The van der Waals surface area contributed by atoms with Crippen molar-refractivity contribution < 1.29 is 13.2 Å². The summed E-state index contributed by atoms with van der Waals surface area (Å²) in [5.41, 5.74) is 3.82. The number of aromatic nitrogens is 1. The number of thiazole rings is 1. The Balaban J connectivity index is 1.60. The van der Waals surface area contributed by atoms with Crippen LogP contribution in [0.1, 0.15) is 21.5 Å². The normalized spacial score (nSPS) is 11.4. The summed E-state index contributed by atoms with van der Waals surface area (Å²) in [6.07, 6.45) is 0. The first-order valence-electron chi connectivity index (χ1n) is 9.19. The van der Waals surface area contributed by atoms with Gasteiger partial charge in [0.2, 0.25) is 0 Å². The largest absolute Gasteiger partial charge is 0.322 e. The van der Waals surface area contributed by atoms with Gasteiger partial charge in [0.05, 0.1) is 15.1 Å². The predicted molar refractivity (Wildman–Crippen MR) is 121 cm³/mol. The van der Waals surface area contributed by atoms with Gasteiger partial charge < -0.3 is 5.32 Å². The molecule has 1 heterocycles. The summed E-state index contributed by atoms with van der Waals surface area (Å²) in [5, 5.41) is 3.17. The Hall–Kier alpha value is -3.23. The number of sulfonamides is 1. The minimum absolute atomic E-state index is 0.173. The summed E-state index contributed by atoms with van der Waals surface area (Å²) in [4.78, 5) is 17.1. The van der Waals surface area contributed by atoms with Crippen LogP contribution in [-0.4, -0.2) is 19.3 Å². The van der Waals surface area contributed by atoms with E-state index >= 15 is 0 Å². The second-order valence-corrected chi connectivity index (χ2v) is 9.61. The first-order valence-corrected chi connectivity index (χ1v) is 11.5. The second kappa shape index (κ2) is 7.89. The van der Waals surface area contributed by atoms with Crippen molar-refractivity contribution in [2.75, 3.05) is 10.0 Å². The van der Waals surface area contributed by atoms with Gasteiger partial charge in [0.1, 0.15) is 0 Å². The molecule has 8 heteroatoms. The number of rotatable bonds is 5. The molecule has 30 heavy (non-hydrogen) atoms. The fourth-order valence-electron chi connectivity index (χ4n) is 2.99. The number of fused-ring (bicyclic) bond motifs is 1. The van der Waals surface area contributed by atoms with Crippen molar-refractivity contribution in [2.24, 2.45) is 0 Å². The maximum Gasteiger partial charge on any atom is 0.263 e. The van der Waals surface area contributed by atoms with Gasteiger partial charge in [0.25, 0.3) is 15.9 Å². The Morgan fingerprint density at radius 2 is 1.67 bits per heavy atom. The highest BCUT2D eigenvalue weighted by Crippen LogP contribution is 2.32.